The van der Waals surface area contributed by atoms with Gasteiger partial charge in [-0.3, -0.25) is 0 Å². The van der Waals surface area contributed by atoms with E-state index >= 15 is 0 Å². The van der Waals surface area contributed by atoms with Crippen LogP contribution in [0.2, 0.25) is 0 Å². The molecule has 0 saturated heterocycles. The first-order valence-corrected chi connectivity index (χ1v) is 4.93. The summed E-state index contributed by atoms with van der Waals surface area (Å²) in [5.74, 6) is 0. The van der Waals surface area contributed by atoms with Crippen LogP contribution in [-0.4, -0.2) is 30.0 Å². The lowest BCUT2D eigenvalue weighted by molar-refractivity contribution is 0.176. The van der Waals surface area contributed by atoms with Crippen molar-refractivity contribution in [2.75, 3.05) is 6.61 Å². The highest BCUT2D eigenvalue weighted by Crippen LogP contribution is 1.97. The molecule has 0 spiro atoms. The fourth-order valence-electron chi connectivity index (χ4n) is 1.12. The predicted octanol–water partition coefficient (Wildman–Crippen LogP) is 0.0973. The van der Waals surface area contributed by atoms with E-state index in [0.717, 1.165) is 5.56 Å². The van der Waals surface area contributed by atoms with E-state index in [-0.39, 0.29) is 0 Å². The Bertz CT molecular complexity index is 349. The highest BCUT2D eigenvalue weighted by atomic mass is 16.6. The second-order valence-corrected chi connectivity index (χ2v) is 3.19. The molecule has 0 heterocycles. The maximum absolute atomic E-state index is 8.89. The third-order valence-electron chi connectivity index (χ3n) is 1.95. The van der Waals surface area contributed by atoms with Crippen molar-refractivity contribution in [3.8, 4) is 0 Å². The molecule has 84 valence electrons. The molecule has 0 atom stereocenters. The summed E-state index contributed by atoms with van der Waals surface area (Å²) in [5, 5.41) is 21.5. The number of benzene rings is 1. The van der Waals surface area contributed by atoms with Crippen molar-refractivity contribution in [2.45, 2.75) is 6.42 Å². The van der Waals surface area contributed by atoms with Gasteiger partial charge in [-0.1, -0.05) is 42.1 Å². The van der Waals surface area contributed by atoms with Crippen molar-refractivity contribution in [1.82, 2.24) is 0 Å². The number of hydrogen-bond acceptors (Lipinski definition) is 4. The van der Waals surface area contributed by atoms with Crippen LogP contribution in [0.4, 0.5) is 0 Å². The lowest BCUT2D eigenvalue weighted by Gasteiger charge is -2.00. The van der Waals surface area contributed by atoms with Crippen LogP contribution in [0.15, 0.2) is 42.1 Å². The Balaban J connectivity index is 2.43. The van der Waals surface area contributed by atoms with Gasteiger partial charge in [-0.05, 0) is 11.0 Å². The Hall–Kier alpha value is -1.59. The molecule has 0 aliphatic carbocycles. The molecule has 1 aromatic rings. The average Bonchev–Trinajstić information content (AvgIpc) is 2.29. The molecule has 0 unspecified atom stereocenters. The molecular formula is C11H14BNO3. The van der Waals surface area contributed by atoms with Crippen molar-refractivity contribution in [3.05, 3.63) is 42.5 Å². The van der Waals surface area contributed by atoms with Crippen LogP contribution in [0.3, 0.4) is 0 Å². The molecule has 16 heavy (non-hydrogen) atoms. The van der Waals surface area contributed by atoms with Crippen molar-refractivity contribution in [3.63, 3.8) is 0 Å². The van der Waals surface area contributed by atoms with E-state index in [0.29, 0.717) is 18.5 Å². The molecule has 0 amide bonds. The summed E-state index contributed by atoms with van der Waals surface area (Å²) >= 11 is 0. The molecule has 1 aromatic carbocycles. The number of rotatable bonds is 6. The van der Waals surface area contributed by atoms with Crippen LogP contribution in [0.5, 0.6) is 0 Å². The fourth-order valence-corrected chi connectivity index (χ4v) is 1.12. The van der Waals surface area contributed by atoms with E-state index < -0.39 is 7.12 Å². The van der Waals surface area contributed by atoms with Gasteiger partial charge in [0.15, 0.2) is 0 Å². The monoisotopic (exact) mass is 219 g/mol. The van der Waals surface area contributed by atoms with E-state index in [1.54, 1.807) is 24.4 Å². The first-order valence-electron chi connectivity index (χ1n) is 4.93. The number of oxime groups is 1. The van der Waals surface area contributed by atoms with Crippen LogP contribution in [0.25, 0.3) is 0 Å². The molecule has 0 radical (unpaired) electrons. The van der Waals surface area contributed by atoms with E-state index in [2.05, 4.69) is 11.7 Å². The number of nitrogens with zero attached hydrogens (tertiary/aromatic N) is 1. The fraction of sp³-hybridized carbons (Fsp3) is 0.182. The van der Waals surface area contributed by atoms with Gasteiger partial charge >= 0.3 is 7.12 Å². The van der Waals surface area contributed by atoms with Gasteiger partial charge in [-0.15, -0.1) is 0 Å². The van der Waals surface area contributed by atoms with Crippen molar-refractivity contribution >= 4 is 18.8 Å². The van der Waals surface area contributed by atoms with Crippen LogP contribution in [0.1, 0.15) is 5.56 Å². The SMILES string of the molecule is C=CCON=CCc1ccc(B(O)O)cc1. The average molecular weight is 219 g/mol. The van der Waals surface area contributed by atoms with E-state index in [1.807, 2.05) is 12.1 Å². The van der Waals surface area contributed by atoms with Crippen molar-refractivity contribution < 1.29 is 14.9 Å². The maximum Gasteiger partial charge on any atom is 0.488 e. The smallest absolute Gasteiger partial charge is 0.423 e. The topological polar surface area (TPSA) is 62.0 Å². The van der Waals surface area contributed by atoms with Crippen LogP contribution < -0.4 is 5.46 Å². The minimum atomic E-state index is -1.42. The molecule has 0 aliphatic rings. The Labute approximate surface area is 95.0 Å². The van der Waals surface area contributed by atoms with E-state index in [1.165, 1.54) is 0 Å². The van der Waals surface area contributed by atoms with Gasteiger partial charge < -0.3 is 14.9 Å². The second kappa shape index (κ2) is 6.82. The summed E-state index contributed by atoms with van der Waals surface area (Å²) in [6, 6.07) is 6.96. The molecule has 5 heteroatoms. The third kappa shape index (κ3) is 4.29. The quantitative estimate of drug-likeness (QED) is 0.234. The van der Waals surface area contributed by atoms with Gasteiger partial charge in [0.25, 0.3) is 0 Å². The summed E-state index contributed by atoms with van der Waals surface area (Å²) < 4.78 is 0. The van der Waals surface area contributed by atoms with Gasteiger partial charge in [0.05, 0.1) is 0 Å². The highest BCUT2D eigenvalue weighted by molar-refractivity contribution is 6.58. The first-order chi connectivity index (χ1) is 7.74. The minimum absolute atomic E-state index is 0.395. The van der Waals surface area contributed by atoms with Gasteiger partial charge in [0.1, 0.15) is 6.61 Å². The molecule has 1 rings (SSSR count). The first kappa shape index (κ1) is 12.5. The maximum atomic E-state index is 8.89. The molecule has 0 fully saturated rings. The Kier molecular flexibility index (Phi) is 5.32. The zero-order chi connectivity index (χ0) is 11.8. The van der Waals surface area contributed by atoms with Gasteiger partial charge in [0.2, 0.25) is 0 Å². The summed E-state index contributed by atoms with van der Waals surface area (Å²) in [6.45, 7) is 3.89. The largest absolute Gasteiger partial charge is 0.488 e. The summed E-state index contributed by atoms with van der Waals surface area (Å²) in [5.41, 5.74) is 1.50. The summed E-state index contributed by atoms with van der Waals surface area (Å²) in [6.07, 6.45) is 3.90. The zero-order valence-corrected chi connectivity index (χ0v) is 8.91. The molecule has 0 saturated carbocycles. The summed E-state index contributed by atoms with van der Waals surface area (Å²) in [4.78, 5) is 4.84. The lowest BCUT2D eigenvalue weighted by Crippen LogP contribution is -2.29. The van der Waals surface area contributed by atoms with Gasteiger partial charge in [0, 0.05) is 12.6 Å². The van der Waals surface area contributed by atoms with Crippen LogP contribution >= 0.6 is 0 Å². The zero-order valence-electron chi connectivity index (χ0n) is 8.91. The Morgan fingerprint density at radius 2 is 2.00 bits per heavy atom. The Morgan fingerprint density at radius 1 is 1.31 bits per heavy atom. The predicted molar refractivity (Wildman–Crippen MR) is 64.6 cm³/mol. The molecule has 0 bridgehead atoms. The van der Waals surface area contributed by atoms with Crippen LogP contribution in [-0.2, 0) is 11.3 Å². The standard InChI is InChI=1S/C11H14BNO3/c1-2-9-16-13-8-7-10-3-5-11(6-4-10)12(14)15/h2-6,8,14-15H,1,7,9H2. The van der Waals surface area contributed by atoms with E-state index in [4.69, 9.17) is 14.9 Å². The summed E-state index contributed by atoms with van der Waals surface area (Å²) in [7, 11) is -1.42. The normalized spacial score (nSPS) is 10.4. The minimum Gasteiger partial charge on any atom is -0.423 e. The number of hydrogen-bond donors (Lipinski definition) is 2. The highest BCUT2D eigenvalue weighted by Gasteiger charge is 2.09. The molecule has 4 nitrogen and oxygen atoms in total. The van der Waals surface area contributed by atoms with Crippen molar-refractivity contribution in [1.29, 1.82) is 0 Å². The van der Waals surface area contributed by atoms with Gasteiger partial charge in [-0.25, -0.2) is 0 Å². The molecule has 2 N–H and O–H groups in total. The third-order valence-corrected chi connectivity index (χ3v) is 1.95. The van der Waals surface area contributed by atoms with E-state index in [9.17, 15) is 0 Å². The van der Waals surface area contributed by atoms with Crippen molar-refractivity contribution in [2.24, 2.45) is 5.16 Å². The molecular weight excluding hydrogens is 205 g/mol. The second-order valence-electron chi connectivity index (χ2n) is 3.19. The van der Waals surface area contributed by atoms with Gasteiger partial charge in [-0.2, -0.15) is 0 Å². The molecule has 0 aromatic heterocycles. The lowest BCUT2D eigenvalue weighted by atomic mass is 9.80. The Morgan fingerprint density at radius 3 is 2.56 bits per heavy atom. The van der Waals surface area contributed by atoms with Crippen LogP contribution in [0, 0.1) is 0 Å². The molecule has 0 aliphatic heterocycles.